The largest absolute Gasteiger partial charge is 0.469 e. The van der Waals surface area contributed by atoms with E-state index in [4.69, 9.17) is 9.84 Å². The molecule has 0 aromatic rings. The molecule has 0 aromatic carbocycles. The molecule has 0 saturated carbocycles. The Morgan fingerprint density at radius 3 is 2.83 bits per heavy atom. The van der Waals surface area contributed by atoms with Crippen LogP contribution in [-0.2, 0) is 14.3 Å². The Kier molecular flexibility index (Phi) is 3.05. The summed E-state index contributed by atoms with van der Waals surface area (Å²) in [4.78, 5) is 11.1. The first kappa shape index (κ1) is 9.48. The quantitative estimate of drug-likeness (QED) is 0.596. The molecule has 1 aliphatic rings. The lowest BCUT2D eigenvalue weighted by atomic mass is 10.0. The molecule has 1 saturated heterocycles. The van der Waals surface area contributed by atoms with E-state index in [9.17, 15) is 4.79 Å². The number of hydrogen-bond acceptors (Lipinski definition) is 4. The molecule has 0 aliphatic carbocycles. The first-order valence-corrected chi connectivity index (χ1v) is 4.03. The molecule has 1 aliphatic heterocycles. The van der Waals surface area contributed by atoms with E-state index in [1.165, 1.54) is 7.11 Å². The van der Waals surface area contributed by atoms with Crippen LogP contribution in [0, 0.1) is 5.92 Å². The predicted molar refractivity (Wildman–Crippen MR) is 41.5 cm³/mol. The molecule has 0 amide bonds. The third-order valence-electron chi connectivity index (χ3n) is 2.20. The number of ether oxygens (including phenoxy) is 2. The monoisotopic (exact) mass is 174 g/mol. The second-order valence-electron chi connectivity index (χ2n) is 3.01. The second kappa shape index (κ2) is 3.87. The van der Waals surface area contributed by atoms with E-state index in [-0.39, 0.29) is 30.7 Å². The number of carbonyl (C=O) groups excluding carboxylic acids is 1. The maximum atomic E-state index is 11.1. The van der Waals surface area contributed by atoms with Crippen LogP contribution >= 0.6 is 0 Å². The van der Waals surface area contributed by atoms with Crippen LogP contribution in [-0.4, -0.2) is 37.0 Å². The summed E-state index contributed by atoms with van der Waals surface area (Å²) >= 11 is 0. The van der Waals surface area contributed by atoms with E-state index in [0.717, 1.165) is 0 Å². The summed E-state index contributed by atoms with van der Waals surface area (Å²) in [5.41, 5.74) is 0. The van der Waals surface area contributed by atoms with Crippen LogP contribution in [0.1, 0.15) is 13.3 Å². The second-order valence-corrected chi connectivity index (χ2v) is 3.01. The maximum absolute atomic E-state index is 11.1. The molecule has 0 spiro atoms. The van der Waals surface area contributed by atoms with Gasteiger partial charge in [-0.3, -0.25) is 4.79 Å². The summed E-state index contributed by atoms with van der Waals surface area (Å²) in [6, 6.07) is 0. The molecule has 0 unspecified atom stereocenters. The van der Waals surface area contributed by atoms with Gasteiger partial charge in [0.25, 0.3) is 0 Å². The van der Waals surface area contributed by atoms with Crippen molar-refractivity contribution in [1.29, 1.82) is 0 Å². The number of aliphatic hydroxyl groups is 1. The fraction of sp³-hybridized carbons (Fsp3) is 0.875. The summed E-state index contributed by atoms with van der Waals surface area (Å²) in [5.74, 6) is -0.467. The minimum Gasteiger partial charge on any atom is -0.469 e. The van der Waals surface area contributed by atoms with Gasteiger partial charge in [0.1, 0.15) is 0 Å². The Bertz CT molecular complexity index is 168. The van der Waals surface area contributed by atoms with Gasteiger partial charge in [-0.25, -0.2) is 0 Å². The Hall–Kier alpha value is -0.610. The van der Waals surface area contributed by atoms with Gasteiger partial charge in [0.05, 0.1) is 31.8 Å². The molecule has 1 heterocycles. The highest BCUT2D eigenvalue weighted by atomic mass is 16.5. The highest BCUT2D eigenvalue weighted by molar-refractivity contribution is 5.73. The van der Waals surface area contributed by atoms with E-state index in [0.29, 0.717) is 6.42 Å². The van der Waals surface area contributed by atoms with Crippen molar-refractivity contribution in [3.05, 3.63) is 0 Å². The maximum Gasteiger partial charge on any atom is 0.311 e. The lowest BCUT2D eigenvalue weighted by Crippen LogP contribution is -2.22. The summed E-state index contributed by atoms with van der Waals surface area (Å²) in [6.45, 7) is 1.79. The molecule has 70 valence electrons. The Balaban J connectivity index is 2.51. The molecule has 0 bridgehead atoms. The van der Waals surface area contributed by atoms with Crippen molar-refractivity contribution >= 4 is 5.97 Å². The number of rotatable bonds is 2. The number of methoxy groups -OCH3 is 1. The van der Waals surface area contributed by atoms with Crippen LogP contribution in [0.3, 0.4) is 0 Å². The standard InChI is InChI=1S/C8H14O4/c1-5-7(8(10)11-2)3-6(4-9)12-5/h5-7,9H,3-4H2,1-2H3/t5-,6-,7+/m0/s1. The van der Waals surface area contributed by atoms with Crippen molar-refractivity contribution in [2.45, 2.75) is 25.6 Å². The van der Waals surface area contributed by atoms with E-state index in [2.05, 4.69) is 4.74 Å². The van der Waals surface area contributed by atoms with Crippen molar-refractivity contribution in [2.24, 2.45) is 5.92 Å². The molecule has 4 heteroatoms. The molecule has 3 atom stereocenters. The van der Waals surface area contributed by atoms with Gasteiger partial charge in [0.15, 0.2) is 0 Å². The highest BCUT2D eigenvalue weighted by Gasteiger charge is 2.37. The highest BCUT2D eigenvalue weighted by Crippen LogP contribution is 2.26. The van der Waals surface area contributed by atoms with Crippen LogP contribution in [0.25, 0.3) is 0 Å². The van der Waals surface area contributed by atoms with Crippen molar-refractivity contribution < 1.29 is 19.4 Å². The van der Waals surface area contributed by atoms with Gasteiger partial charge >= 0.3 is 5.97 Å². The van der Waals surface area contributed by atoms with Gasteiger partial charge in [-0.1, -0.05) is 0 Å². The van der Waals surface area contributed by atoms with Crippen molar-refractivity contribution in [2.75, 3.05) is 13.7 Å². The fourth-order valence-electron chi connectivity index (χ4n) is 1.49. The van der Waals surface area contributed by atoms with Crippen molar-refractivity contribution in [1.82, 2.24) is 0 Å². The van der Waals surface area contributed by atoms with Crippen LogP contribution in [0.4, 0.5) is 0 Å². The third-order valence-corrected chi connectivity index (χ3v) is 2.20. The van der Waals surface area contributed by atoms with Gasteiger partial charge in [-0.15, -0.1) is 0 Å². The SMILES string of the molecule is COC(=O)[C@@H]1C[C@@H](CO)O[C@H]1C. The summed E-state index contributed by atoms with van der Waals surface area (Å²) < 4.78 is 9.89. The van der Waals surface area contributed by atoms with Crippen LogP contribution in [0.15, 0.2) is 0 Å². The Labute approximate surface area is 71.5 Å². The Morgan fingerprint density at radius 1 is 1.75 bits per heavy atom. The number of carbonyl (C=O) groups is 1. The number of hydrogen-bond donors (Lipinski definition) is 1. The molecule has 4 nitrogen and oxygen atoms in total. The lowest BCUT2D eigenvalue weighted by molar-refractivity contribution is -0.146. The summed E-state index contributed by atoms with van der Waals surface area (Å²) in [7, 11) is 1.36. The zero-order valence-corrected chi connectivity index (χ0v) is 7.32. The van der Waals surface area contributed by atoms with Crippen LogP contribution in [0.5, 0.6) is 0 Å². The van der Waals surface area contributed by atoms with Crippen molar-refractivity contribution in [3.8, 4) is 0 Å². The fourth-order valence-corrected chi connectivity index (χ4v) is 1.49. The van der Waals surface area contributed by atoms with Crippen LogP contribution < -0.4 is 0 Å². The topological polar surface area (TPSA) is 55.8 Å². The van der Waals surface area contributed by atoms with E-state index < -0.39 is 0 Å². The minimum atomic E-state index is -0.251. The smallest absolute Gasteiger partial charge is 0.311 e. The third kappa shape index (κ3) is 1.76. The average Bonchev–Trinajstić information content (AvgIpc) is 2.45. The number of aliphatic hydroxyl groups excluding tert-OH is 1. The molecule has 1 rings (SSSR count). The van der Waals surface area contributed by atoms with E-state index in [1.54, 1.807) is 0 Å². The van der Waals surface area contributed by atoms with E-state index >= 15 is 0 Å². The zero-order chi connectivity index (χ0) is 9.14. The number of esters is 1. The van der Waals surface area contributed by atoms with Gasteiger partial charge in [0.2, 0.25) is 0 Å². The van der Waals surface area contributed by atoms with Crippen molar-refractivity contribution in [3.63, 3.8) is 0 Å². The van der Waals surface area contributed by atoms with Crippen LogP contribution in [0.2, 0.25) is 0 Å². The molecule has 1 fully saturated rings. The average molecular weight is 174 g/mol. The molecular weight excluding hydrogens is 160 g/mol. The van der Waals surface area contributed by atoms with Gasteiger partial charge in [0, 0.05) is 0 Å². The van der Waals surface area contributed by atoms with Gasteiger partial charge in [-0.2, -0.15) is 0 Å². The molecular formula is C8H14O4. The van der Waals surface area contributed by atoms with E-state index in [1.807, 2.05) is 6.92 Å². The Morgan fingerprint density at radius 2 is 2.42 bits per heavy atom. The molecule has 0 aromatic heterocycles. The summed E-state index contributed by atoms with van der Waals surface area (Å²) in [6.07, 6.45) is 0.211. The molecule has 12 heavy (non-hydrogen) atoms. The minimum absolute atomic E-state index is 0.0299. The first-order valence-electron chi connectivity index (χ1n) is 4.03. The lowest BCUT2D eigenvalue weighted by Gasteiger charge is -2.10. The van der Waals surface area contributed by atoms with Gasteiger partial charge in [-0.05, 0) is 13.3 Å². The summed E-state index contributed by atoms with van der Waals surface area (Å²) in [5, 5.41) is 8.78. The molecule has 1 N–H and O–H groups in total. The molecule has 0 radical (unpaired) electrons. The normalized spacial score (nSPS) is 35.1. The predicted octanol–water partition coefficient (Wildman–Crippen LogP) is -0.0547. The first-order chi connectivity index (χ1) is 5.69. The zero-order valence-electron chi connectivity index (χ0n) is 7.32. The van der Waals surface area contributed by atoms with Gasteiger partial charge < -0.3 is 14.6 Å².